The van der Waals surface area contributed by atoms with E-state index in [1.165, 1.54) is 19.3 Å². The van der Waals surface area contributed by atoms with E-state index in [9.17, 15) is 0 Å². The molecule has 2 saturated heterocycles. The van der Waals surface area contributed by atoms with Crippen molar-refractivity contribution in [2.24, 2.45) is 5.73 Å². The molecule has 0 amide bonds. The maximum atomic E-state index is 6.18. The molecule has 18 heavy (non-hydrogen) atoms. The third-order valence-corrected chi connectivity index (χ3v) is 5.11. The second-order valence-electron chi connectivity index (χ2n) is 6.16. The minimum atomic E-state index is 0.161. The quantitative estimate of drug-likeness (QED) is 0.802. The highest BCUT2D eigenvalue weighted by atomic mass is 16.5. The first-order valence-corrected chi connectivity index (χ1v) is 7.45. The van der Waals surface area contributed by atoms with Gasteiger partial charge in [-0.15, -0.1) is 0 Å². The van der Waals surface area contributed by atoms with E-state index < -0.39 is 0 Å². The monoisotopic (exact) mass is 254 g/mol. The molecule has 104 valence electrons. The third-order valence-electron chi connectivity index (χ3n) is 5.11. The summed E-state index contributed by atoms with van der Waals surface area (Å²) in [4.78, 5) is 2.69. The smallest absolute Gasteiger partial charge is 0.0731 e. The summed E-state index contributed by atoms with van der Waals surface area (Å²) in [5.74, 6) is 0. The number of hydrogen-bond acceptors (Lipinski definition) is 4. The zero-order valence-electron chi connectivity index (χ0n) is 11.4. The van der Waals surface area contributed by atoms with Crippen LogP contribution in [0.3, 0.4) is 0 Å². The van der Waals surface area contributed by atoms with Gasteiger partial charge in [-0.25, -0.2) is 0 Å². The summed E-state index contributed by atoms with van der Waals surface area (Å²) in [6, 6.07) is 0.604. The maximum Gasteiger partial charge on any atom is 0.0731 e. The minimum Gasteiger partial charge on any atom is -0.378 e. The maximum absolute atomic E-state index is 6.18. The fraction of sp³-hybridized carbons (Fsp3) is 1.00. The lowest BCUT2D eigenvalue weighted by Gasteiger charge is -2.53. The van der Waals surface area contributed by atoms with E-state index in [-0.39, 0.29) is 5.54 Å². The van der Waals surface area contributed by atoms with Crippen LogP contribution in [0.5, 0.6) is 0 Å². The summed E-state index contributed by atoms with van der Waals surface area (Å²) >= 11 is 0. The van der Waals surface area contributed by atoms with Gasteiger partial charge in [0.1, 0.15) is 0 Å². The van der Waals surface area contributed by atoms with E-state index in [0.29, 0.717) is 18.2 Å². The van der Waals surface area contributed by atoms with Crippen molar-refractivity contribution in [3.05, 3.63) is 0 Å². The summed E-state index contributed by atoms with van der Waals surface area (Å²) in [5.41, 5.74) is 6.34. The highest BCUT2D eigenvalue weighted by Crippen LogP contribution is 2.39. The van der Waals surface area contributed by atoms with Crippen LogP contribution in [0.2, 0.25) is 0 Å². The lowest BCUT2D eigenvalue weighted by atomic mass is 9.83. The van der Waals surface area contributed by atoms with Gasteiger partial charge in [0.25, 0.3) is 0 Å². The summed E-state index contributed by atoms with van der Waals surface area (Å²) in [6.45, 7) is 5.70. The predicted octanol–water partition coefficient (Wildman–Crippen LogP) is 1.14. The molecular formula is C14H26N2O2. The Hall–Kier alpha value is -0.160. The Morgan fingerprint density at radius 2 is 2.17 bits per heavy atom. The molecule has 4 nitrogen and oxygen atoms in total. The summed E-state index contributed by atoms with van der Waals surface area (Å²) in [6.07, 6.45) is 6.77. The van der Waals surface area contributed by atoms with E-state index >= 15 is 0 Å². The molecule has 4 unspecified atom stereocenters. The molecule has 1 aliphatic carbocycles. The SMILES string of the molecule is CC1CC(CN)(N2CCOC3CCCC32)CCO1. The van der Waals surface area contributed by atoms with Crippen LogP contribution in [-0.4, -0.2) is 55.0 Å². The van der Waals surface area contributed by atoms with E-state index in [0.717, 1.165) is 39.1 Å². The Morgan fingerprint density at radius 1 is 1.28 bits per heavy atom. The van der Waals surface area contributed by atoms with E-state index in [1.807, 2.05) is 0 Å². The molecule has 0 bridgehead atoms. The second-order valence-corrected chi connectivity index (χ2v) is 6.16. The Balaban J connectivity index is 1.81. The highest BCUT2D eigenvalue weighted by molar-refractivity contribution is 5.02. The molecule has 0 aromatic carbocycles. The average Bonchev–Trinajstić information content (AvgIpc) is 2.86. The largest absolute Gasteiger partial charge is 0.378 e. The molecule has 0 spiro atoms. The average molecular weight is 254 g/mol. The lowest BCUT2D eigenvalue weighted by molar-refractivity contribution is -0.134. The van der Waals surface area contributed by atoms with Gasteiger partial charge < -0.3 is 15.2 Å². The van der Waals surface area contributed by atoms with Crippen LogP contribution < -0.4 is 5.73 Å². The molecule has 2 heterocycles. The van der Waals surface area contributed by atoms with Gasteiger partial charge in [-0.3, -0.25) is 4.90 Å². The van der Waals surface area contributed by atoms with Gasteiger partial charge in [-0.05, 0) is 39.0 Å². The molecular weight excluding hydrogens is 228 g/mol. The Bertz CT molecular complexity index is 300. The summed E-state index contributed by atoms with van der Waals surface area (Å²) in [7, 11) is 0. The van der Waals surface area contributed by atoms with Crippen LogP contribution in [0.4, 0.5) is 0 Å². The van der Waals surface area contributed by atoms with Crippen LogP contribution in [-0.2, 0) is 9.47 Å². The summed E-state index contributed by atoms with van der Waals surface area (Å²) in [5, 5.41) is 0. The number of hydrogen-bond donors (Lipinski definition) is 1. The molecule has 3 fully saturated rings. The molecule has 1 saturated carbocycles. The third kappa shape index (κ3) is 2.09. The zero-order chi connectivity index (χ0) is 12.6. The molecule has 0 aromatic rings. The molecule has 2 aliphatic heterocycles. The Kier molecular flexibility index (Phi) is 3.63. The molecule has 0 radical (unpaired) electrons. The van der Waals surface area contributed by atoms with Crippen LogP contribution >= 0.6 is 0 Å². The lowest BCUT2D eigenvalue weighted by Crippen LogP contribution is -2.65. The van der Waals surface area contributed by atoms with E-state index in [2.05, 4.69) is 11.8 Å². The van der Waals surface area contributed by atoms with E-state index in [1.54, 1.807) is 0 Å². The molecule has 0 aromatic heterocycles. The minimum absolute atomic E-state index is 0.161. The van der Waals surface area contributed by atoms with Gasteiger partial charge in [0, 0.05) is 31.3 Å². The van der Waals surface area contributed by atoms with Crippen LogP contribution in [0.15, 0.2) is 0 Å². The van der Waals surface area contributed by atoms with Crippen LogP contribution in [0, 0.1) is 0 Å². The fourth-order valence-electron chi connectivity index (χ4n) is 4.22. The fourth-order valence-corrected chi connectivity index (χ4v) is 4.22. The molecule has 4 atom stereocenters. The van der Waals surface area contributed by atoms with Crippen LogP contribution in [0.1, 0.15) is 39.0 Å². The van der Waals surface area contributed by atoms with Gasteiger partial charge in [0.2, 0.25) is 0 Å². The first kappa shape index (κ1) is 12.9. The van der Waals surface area contributed by atoms with Gasteiger partial charge in [-0.1, -0.05) is 0 Å². The van der Waals surface area contributed by atoms with E-state index in [4.69, 9.17) is 15.2 Å². The normalized spacial score (nSPS) is 46.0. The van der Waals surface area contributed by atoms with Gasteiger partial charge >= 0.3 is 0 Å². The van der Waals surface area contributed by atoms with Crippen molar-refractivity contribution >= 4 is 0 Å². The van der Waals surface area contributed by atoms with Crippen molar-refractivity contribution in [1.29, 1.82) is 0 Å². The van der Waals surface area contributed by atoms with Gasteiger partial charge in [0.05, 0.1) is 18.8 Å². The number of rotatable bonds is 2. The second kappa shape index (κ2) is 5.08. The van der Waals surface area contributed by atoms with Crippen molar-refractivity contribution in [1.82, 2.24) is 4.90 Å². The van der Waals surface area contributed by atoms with Crippen molar-refractivity contribution in [3.63, 3.8) is 0 Å². The van der Waals surface area contributed by atoms with Gasteiger partial charge in [-0.2, -0.15) is 0 Å². The topological polar surface area (TPSA) is 47.7 Å². The number of nitrogens with zero attached hydrogens (tertiary/aromatic N) is 1. The number of fused-ring (bicyclic) bond motifs is 1. The Morgan fingerprint density at radius 3 is 2.94 bits per heavy atom. The zero-order valence-corrected chi connectivity index (χ0v) is 11.4. The van der Waals surface area contributed by atoms with Crippen molar-refractivity contribution in [2.45, 2.75) is 62.8 Å². The summed E-state index contributed by atoms with van der Waals surface area (Å²) < 4.78 is 11.6. The number of morpholine rings is 1. The number of nitrogens with two attached hydrogens (primary N) is 1. The first-order chi connectivity index (χ1) is 8.75. The highest BCUT2D eigenvalue weighted by Gasteiger charge is 2.47. The van der Waals surface area contributed by atoms with Crippen molar-refractivity contribution in [2.75, 3.05) is 26.3 Å². The molecule has 3 aliphatic rings. The molecule has 2 N–H and O–H groups in total. The molecule has 4 heteroatoms. The van der Waals surface area contributed by atoms with Gasteiger partial charge in [0.15, 0.2) is 0 Å². The first-order valence-electron chi connectivity index (χ1n) is 7.45. The molecule has 3 rings (SSSR count). The number of ether oxygens (including phenoxy) is 2. The van der Waals surface area contributed by atoms with Crippen molar-refractivity contribution in [3.8, 4) is 0 Å². The Labute approximate surface area is 110 Å². The van der Waals surface area contributed by atoms with Crippen molar-refractivity contribution < 1.29 is 9.47 Å². The van der Waals surface area contributed by atoms with Crippen LogP contribution in [0.25, 0.3) is 0 Å². The predicted molar refractivity (Wildman–Crippen MR) is 70.5 cm³/mol. The standard InChI is InChI=1S/C14H26N2O2/c1-11-9-14(10-15,5-7-17-11)16-6-8-18-13-4-2-3-12(13)16/h11-13H,2-10,15H2,1H3.